The number of rotatable bonds is 2. The molecule has 0 radical (unpaired) electrons. The minimum Gasteiger partial charge on any atom is -0.207 e. The summed E-state index contributed by atoms with van der Waals surface area (Å²) in [5.41, 5.74) is -0.386. The van der Waals surface area contributed by atoms with E-state index in [0.29, 0.717) is 11.6 Å². The van der Waals surface area contributed by atoms with Gasteiger partial charge in [-0.3, -0.25) is 0 Å². The van der Waals surface area contributed by atoms with E-state index in [-0.39, 0.29) is 15.5 Å². The summed E-state index contributed by atoms with van der Waals surface area (Å²) in [6.07, 6.45) is 2.77. The van der Waals surface area contributed by atoms with Crippen LogP contribution in [0.1, 0.15) is 33.1 Å². The molecule has 0 aliphatic carbocycles. The first kappa shape index (κ1) is 15.1. The molecule has 0 amide bonds. The second kappa shape index (κ2) is 5.24. The molecule has 0 N–H and O–H groups in total. The Morgan fingerprint density at radius 1 is 1.21 bits per heavy atom. The molecular formula is C13H17Cl2NO2S. The monoisotopic (exact) mass is 321 g/mol. The number of sulfonamides is 1. The molecule has 1 aliphatic rings. The van der Waals surface area contributed by atoms with Gasteiger partial charge < -0.3 is 0 Å². The van der Waals surface area contributed by atoms with Crippen molar-refractivity contribution in [2.45, 2.75) is 43.5 Å². The lowest BCUT2D eigenvalue weighted by Gasteiger charge is -2.41. The van der Waals surface area contributed by atoms with E-state index in [1.54, 1.807) is 10.4 Å². The fourth-order valence-electron chi connectivity index (χ4n) is 2.48. The van der Waals surface area contributed by atoms with Crippen LogP contribution < -0.4 is 0 Å². The highest BCUT2D eigenvalue weighted by Gasteiger charge is 2.39. The number of piperidine rings is 1. The SMILES string of the molecule is CC1(C)CCCCN1S(=O)(=O)c1cc(Cl)ccc1Cl. The van der Waals surface area contributed by atoms with Gasteiger partial charge in [0.15, 0.2) is 0 Å². The zero-order valence-electron chi connectivity index (χ0n) is 11.0. The minimum atomic E-state index is -3.61. The van der Waals surface area contributed by atoms with Gasteiger partial charge in [-0.15, -0.1) is 0 Å². The van der Waals surface area contributed by atoms with Gasteiger partial charge in [-0.1, -0.05) is 29.6 Å². The quantitative estimate of drug-likeness (QED) is 0.827. The Morgan fingerprint density at radius 2 is 1.89 bits per heavy atom. The standard InChI is InChI=1S/C13H17Cl2NO2S/c1-13(2)7-3-4-8-16(13)19(17,18)12-9-10(14)5-6-11(12)15/h5-6,9H,3-4,7-8H2,1-2H3. The third kappa shape index (κ3) is 2.92. The van der Waals surface area contributed by atoms with Crippen molar-refractivity contribution in [3.63, 3.8) is 0 Å². The van der Waals surface area contributed by atoms with Gasteiger partial charge in [0.1, 0.15) is 4.90 Å². The molecule has 6 heteroatoms. The number of benzene rings is 1. The van der Waals surface area contributed by atoms with Crippen LogP contribution >= 0.6 is 23.2 Å². The molecule has 3 nitrogen and oxygen atoms in total. The summed E-state index contributed by atoms with van der Waals surface area (Å²) < 4.78 is 27.1. The van der Waals surface area contributed by atoms with Crippen LogP contribution in [-0.4, -0.2) is 24.8 Å². The van der Waals surface area contributed by atoms with Crippen LogP contribution in [-0.2, 0) is 10.0 Å². The molecule has 1 aromatic carbocycles. The van der Waals surface area contributed by atoms with E-state index in [9.17, 15) is 8.42 Å². The van der Waals surface area contributed by atoms with E-state index in [1.807, 2.05) is 13.8 Å². The Kier molecular flexibility index (Phi) is 4.17. The molecule has 0 spiro atoms. The average molecular weight is 322 g/mol. The molecule has 1 fully saturated rings. The topological polar surface area (TPSA) is 37.4 Å². The molecule has 2 rings (SSSR count). The Bertz CT molecular complexity index is 584. The van der Waals surface area contributed by atoms with Crippen molar-refractivity contribution in [1.82, 2.24) is 4.31 Å². The van der Waals surface area contributed by atoms with E-state index >= 15 is 0 Å². The largest absolute Gasteiger partial charge is 0.245 e. The number of nitrogens with zero attached hydrogens (tertiary/aromatic N) is 1. The Morgan fingerprint density at radius 3 is 2.53 bits per heavy atom. The molecule has 0 bridgehead atoms. The first-order valence-electron chi connectivity index (χ1n) is 6.23. The molecule has 0 atom stereocenters. The first-order chi connectivity index (χ1) is 8.75. The lowest BCUT2D eigenvalue weighted by molar-refractivity contribution is 0.170. The summed E-state index contributed by atoms with van der Waals surface area (Å²) in [4.78, 5) is 0.0941. The molecule has 1 aliphatic heterocycles. The van der Waals surface area contributed by atoms with Gasteiger partial charge in [0.05, 0.1) is 5.02 Å². The predicted molar refractivity (Wildman–Crippen MR) is 78.3 cm³/mol. The van der Waals surface area contributed by atoms with E-state index in [0.717, 1.165) is 19.3 Å². The van der Waals surface area contributed by atoms with Crippen LogP contribution in [0, 0.1) is 0 Å². The maximum atomic E-state index is 12.8. The Hall–Kier alpha value is -0.290. The highest BCUT2D eigenvalue weighted by Crippen LogP contribution is 2.35. The van der Waals surface area contributed by atoms with Gasteiger partial charge in [0, 0.05) is 17.1 Å². The van der Waals surface area contributed by atoms with Crippen LogP contribution in [0.4, 0.5) is 0 Å². The zero-order valence-corrected chi connectivity index (χ0v) is 13.3. The van der Waals surface area contributed by atoms with E-state index < -0.39 is 10.0 Å². The van der Waals surface area contributed by atoms with E-state index in [2.05, 4.69) is 0 Å². The first-order valence-corrected chi connectivity index (χ1v) is 8.43. The summed E-state index contributed by atoms with van der Waals surface area (Å²) in [7, 11) is -3.61. The van der Waals surface area contributed by atoms with Gasteiger partial charge in [-0.25, -0.2) is 8.42 Å². The van der Waals surface area contributed by atoms with Crippen molar-refractivity contribution < 1.29 is 8.42 Å². The second-order valence-corrected chi connectivity index (χ2v) is 8.10. The van der Waals surface area contributed by atoms with Crippen molar-refractivity contribution in [1.29, 1.82) is 0 Å². The van der Waals surface area contributed by atoms with Crippen LogP contribution in [0.2, 0.25) is 10.0 Å². The number of hydrogen-bond acceptors (Lipinski definition) is 2. The molecule has 1 saturated heterocycles. The predicted octanol–water partition coefficient (Wildman–Crippen LogP) is 3.95. The number of hydrogen-bond donors (Lipinski definition) is 0. The molecule has 19 heavy (non-hydrogen) atoms. The van der Waals surface area contributed by atoms with Gasteiger partial charge in [-0.2, -0.15) is 4.31 Å². The maximum absolute atomic E-state index is 12.8. The molecule has 1 aromatic rings. The Balaban J connectivity index is 2.50. The van der Waals surface area contributed by atoms with Crippen LogP contribution in [0.15, 0.2) is 23.1 Å². The summed E-state index contributed by atoms with van der Waals surface area (Å²) >= 11 is 11.9. The van der Waals surface area contributed by atoms with E-state index in [1.165, 1.54) is 12.1 Å². The van der Waals surface area contributed by atoms with Crippen molar-refractivity contribution in [2.24, 2.45) is 0 Å². The zero-order chi connectivity index (χ0) is 14.3. The summed E-state index contributed by atoms with van der Waals surface area (Å²) in [5.74, 6) is 0. The van der Waals surface area contributed by atoms with Crippen LogP contribution in [0.5, 0.6) is 0 Å². The number of halogens is 2. The van der Waals surface area contributed by atoms with Crippen molar-refractivity contribution in [3.8, 4) is 0 Å². The fourth-order valence-corrected chi connectivity index (χ4v) is 5.07. The summed E-state index contributed by atoms with van der Waals surface area (Å²) in [6, 6.07) is 4.53. The molecule has 0 unspecified atom stereocenters. The smallest absolute Gasteiger partial charge is 0.207 e. The molecule has 1 heterocycles. The molecular weight excluding hydrogens is 305 g/mol. The lowest BCUT2D eigenvalue weighted by atomic mass is 9.93. The minimum absolute atomic E-state index is 0.0941. The van der Waals surface area contributed by atoms with Gasteiger partial charge in [-0.05, 0) is 44.9 Å². The van der Waals surface area contributed by atoms with Crippen LogP contribution in [0.3, 0.4) is 0 Å². The van der Waals surface area contributed by atoms with Crippen molar-refractivity contribution in [3.05, 3.63) is 28.2 Å². The van der Waals surface area contributed by atoms with Crippen molar-refractivity contribution in [2.75, 3.05) is 6.54 Å². The molecule has 0 saturated carbocycles. The summed E-state index contributed by atoms with van der Waals surface area (Å²) in [5, 5.41) is 0.587. The third-order valence-corrected chi connectivity index (χ3v) is 6.36. The summed E-state index contributed by atoms with van der Waals surface area (Å²) in [6.45, 7) is 4.42. The highest BCUT2D eigenvalue weighted by atomic mass is 35.5. The van der Waals surface area contributed by atoms with Gasteiger partial charge in [0.25, 0.3) is 0 Å². The normalized spacial score (nSPS) is 20.4. The highest BCUT2D eigenvalue weighted by molar-refractivity contribution is 7.89. The van der Waals surface area contributed by atoms with Gasteiger partial charge in [0.2, 0.25) is 10.0 Å². The second-order valence-electron chi connectivity index (χ2n) is 5.42. The van der Waals surface area contributed by atoms with Gasteiger partial charge >= 0.3 is 0 Å². The average Bonchev–Trinajstić information content (AvgIpc) is 2.31. The molecule has 106 valence electrons. The third-order valence-electron chi connectivity index (χ3n) is 3.54. The Labute approximate surface area is 124 Å². The molecule has 0 aromatic heterocycles. The maximum Gasteiger partial charge on any atom is 0.245 e. The fraction of sp³-hybridized carbons (Fsp3) is 0.538. The van der Waals surface area contributed by atoms with Crippen LogP contribution in [0.25, 0.3) is 0 Å². The lowest BCUT2D eigenvalue weighted by Crippen LogP contribution is -2.50. The van der Waals surface area contributed by atoms with E-state index in [4.69, 9.17) is 23.2 Å². The van der Waals surface area contributed by atoms with Crippen molar-refractivity contribution >= 4 is 33.2 Å².